The first-order valence-electron chi connectivity index (χ1n) is 10.8. The van der Waals surface area contributed by atoms with Gasteiger partial charge in [0.25, 0.3) is 5.56 Å². The average molecular weight is 423 g/mol. The molecule has 1 fully saturated rings. The Morgan fingerprint density at radius 3 is 2.55 bits per heavy atom. The lowest BCUT2D eigenvalue weighted by atomic mass is 9.94. The van der Waals surface area contributed by atoms with E-state index >= 15 is 0 Å². The van der Waals surface area contributed by atoms with Gasteiger partial charge in [-0.15, -0.1) is 0 Å². The maximum atomic E-state index is 13.5. The fourth-order valence-corrected chi connectivity index (χ4v) is 3.78. The molecular weight excluding hydrogens is 388 g/mol. The zero-order valence-corrected chi connectivity index (χ0v) is 19.1. The molecule has 1 unspecified atom stereocenters. The molecule has 0 saturated heterocycles. The standard InChI is InChI=1S/C24H34N6O/c1-7-24(6,13-25)30-22(15(2)3)16(4)10-19(23(30)31)12-26-20-11-21(28-14-27-20)29-17(5)18-8-9-18/h10-11,14,18H,2,5,7-9,12-13,25H2,1,3-4,6H3,(H2,26,27,28,29). The number of hydrogen-bond acceptors (Lipinski definition) is 6. The van der Waals surface area contributed by atoms with Crippen LogP contribution in [0.25, 0.3) is 5.57 Å². The number of pyridine rings is 1. The molecule has 1 aliphatic rings. The molecular formula is C24H34N6O. The summed E-state index contributed by atoms with van der Waals surface area (Å²) in [6.07, 6.45) is 4.59. The second-order valence-electron chi connectivity index (χ2n) is 8.74. The number of nitrogens with zero attached hydrogens (tertiary/aromatic N) is 3. The van der Waals surface area contributed by atoms with E-state index in [1.807, 2.05) is 44.4 Å². The van der Waals surface area contributed by atoms with Gasteiger partial charge in [-0.3, -0.25) is 4.79 Å². The summed E-state index contributed by atoms with van der Waals surface area (Å²) in [6, 6.07) is 3.76. The summed E-state index contributed by atoms with van der Waals surface area (Å²) >= 11 is 0. The highest BCUT2D eigenvalue weighted by Crippen LogP contribution is 2.35. The van der Waals surface area contributed by atoms with Gasteiger partial charge in [-0.1, -0.05) is 20.1 Å². The van der Waals surface area contributed by atoms with Crippen LogP contribution in [0.15, 0.2) is 42.1 Å². The van der Waals surface area contributed by atoms with Crippen molar-refractivity contribution in [3.05, 3.63) is 64.5 Å². The number of allylic oxidation sites excluding steroid dienone is 2. The number of nitrogens with one attached hydrogen (secondary N) is 2. The molecule has 0 aliphatic heterocycles. The molecule has 2 aromatic heterocycles. The molecule has 2 heterocycles. The molecule has 166 valence electrons. The normalized spacial score (nSPS) is 15.3. The van der Waals surface area contributed by atoms with Crippen molar-refractivity contribution >= 4 is 17.2 Å². The summed E-state index contributed by atoms with van der Waals surface area (Å²) in [7, 11) is 0. The first-order chi connectivity index (χ1) is 14.7. The summed E-state index contributed by atoms with van der Waals surface area (Å²) in [5, 5.41) is 6.52. The topological polar surface area (TPSA) is 97.9 Å². The molecule has 0 radical (unpaired) electrons. The Labute approximate surface area is 184 Å². The third kappa shape index (κ3) is 4.88. The summed E-state index contributed by atoms with van der Waals surface area (Å²) < 4.78 is 1.83. The van der Waals surface area contributed by atoms with Gasteiger partial charge >= 0.3 is 0 Å². The van der Waals surface area contributed by atoms with Crippen molar-refractivity contribution < 1.29 is 0 Å². The Kier molecular flexibility index (Phi) is 6.65. The number of anilines is 2. The van der Waals surface area contributed by atoms with Crippen LogP contribution in [0.2, 0.25) is 0 Å². The summed E-state index contributed by atoms with van der Waals surface area (Å²) in [5.74, 6) is 1.88. The highest BCUT2D eigenvalue weighted by molar-refractivity contribution is 5.62. The maximum absolute atomic E-state index is 13.5. The number of aryl methyl sites for hydroxylation is 1. The predicted octanol–water partition coefficient (Wildman–Crippen LogP) is 4.01. The molecule has 31 heavy (non-hydrogen) atoms. The first-order valence-corrected chi connectivity index (χ1v) is 10.8. The van der Waals surface area contributed by atoms with Crippen molar-refractivity contribution in [2.75, 3.05) is 17.2 Å². The van der Waals surface area contributed by atoms with Gasteiger partial charge in [0.05, 0.1) is 5.54 Å². The van der Waals surface area contributed by atoms with Gasteiger partial charge in [-0.25, -0.2) is 9.97 Å². The first kappa shape index (κ1) is 22.7. The molecule has 0 bridgehead atoms. The minimum Gasteiger partial charge on any atom is -0.366 e. The Morgan fingerprint density at radius 1 is 1.29 bits per heavy atom. The summed E-state index contributed by atoms with van der Waals surface area (Å²) in [4.78, 5) is 22.0. The van der Waals surface area contributed by atoms with E-state index in [4.69, 9.17) is 5.73 Å². The number of hydrogen-bond donors (Lipinski definition) is 3. The second kappa shape index (κ2) is 9.06. The molecule has 0 spiro atoms. The van der Waals surface area contributed by atoms with Crippen LogP contribution in [0, 0.1) is 12.8 Å². The van der Waals surface area contributed by atoms with E-state index in [1.165, 1.54) is 19.2 Å². The second-order valence-corrected chi connectivity index (χ2v) is 8.74. The van der Waals surface area contributed by atoms with E-state index in [1.54, 1.807) is 0 Å². The maximum Gasteiger partial charge on any atom is 0.256 e. The van der Waals surface area contributed by atoms with E-state index < -0.39 is 5.54 Å². The quantitative estimate of drug-likeness (QED) is 0.535. The van der Waals surface area contributed by atoms with Crippen LogP contribution in [-0.4, -0.2) is 21.1 Å². The molecule has 0 amide bonds. The highest BCUT2D eigenvalue weighted by atomic mass is 16.1. The summed E-state index contributed by atoms with van der Waals surface area (Å²) in [5.41, 5.74) is 9.91. The van der Waals surface area contributed by atoms with Gasteiger partial charge in [0, 0.05) is 36.1 Å². The van der Waals surface area contributed by atoms with Crippen LogP contribution < -0.4 is 21.9 Å². The zero-order valence-electron chi connectivity index (χ0n) is 19.1. The molecule has 7 heteroatoms. The van der Waals surface area contributed by atoms with E-state index in [-0.39, 0.29) is 5.56 Å². The van der Waals surface area contributed by atoms with Gasteiger partial charge in [-0.05, 0) is 63.2 Å². The van der Waals surface area contributed by atoms with Crippen molar-refractivity contribution in [1.29, 1.82) is 0 Å². The van der Waals surface area contributed by atoms with Gasteiger partial charge in [0.15, 0.2) is 0 Å². The van der Waals surface area contributed by atoms with Gasteiger partial charge in [-0.2, -0.15) is 0 Å². The van der Waals surface area contributed by atoms with Crippen molar-refractivity contribution in [3.8, 4) is 0 Å². The van der Waals surface area contributed by atoms with Gasteiger partial charge in [0.2, 0.25) is 0 Å². The molecule has 0 aromatic carbocycles. The monoisotopic (exact) mass is 422 g/mol. The number of rotatable bonds is 10. The molecule has 2 aromatic rings. The highest BCUT2D eigenvalue weighted by Gasteiger charge is 2.28. The Hall–Kier alpha value is -2.93. The molecule has 1 saturated carbocycles. The average Bonchev–Trinajstić information content (AvgIpc) is 3.59. The van der Waals surface area contributed by atoms with Crippen molar-refractivity contribution in [1.82, 2.24) is 14.5 Å². The fourth-order valence-electron chi connectivity index (χ4n) is 3.78. The third-order valence-electron chi connectivity index (χ3n) is 6.10. The van der Waals surface area contributed by atoms with Crippen LogP contribution in [-0.2, 0) is 12.1 Å². The summed E-state index contributed by atoms with van der Waals surface area (Å²) in [6.45, 7) is 16.9. The van der Waals surface area contributed by atoms with Crippen molar-refractivity contribution in [2.24, 2.45) is 11.7 Å². The Morgan fingerprint density at radius 2 is 1.97 bits per heavy atom. The van der Waals surface area contributed by atoms with Crippen LogP contribution in [0.5, 0.6) is 0 Å². The largest absolute Gasteiger partial charge is 0.366 e. The lowest BCUT2D eigenvalue weighted by Gasteiger charge is -2.33. The molecule has 1 aliphatic carbocycles. The Balaban J connectivity index is 1.89. The fraction of sp³-hybridized carbons (Fsp3) is 0.458. The van der Waals surface area contributed by atoms with Crippen LogP contribution in [0.4, 0.5) is 11.6 Å². The van der Waals surface area contributed by atoms with E-state index in [0.29, 0.717) is 36.2 Å². The Bertz CT molecular complexity index is 1050. The molecule has 4 N–H and O–H groups in total. The minimum absolute atomic E-state index is 0.0552. The van der Waals surface area contributed by atoms with E-state index in [9.17, 15) is 4.79 Å². The van der Waals surface area contributed by atoms with E-state index in [0.717, 1.165) is 28.9 Å². The van der Waals surface area contributed by atoms with Crippen molar-refractivity contribution in [2.45, 2.75) is 59.0 Å². The number of aromatic nitrogens is 3. The minimum atomic E-state index is -0.485. The van der Waals surface area contributed by atoms with Crippen LogP contribution in [0.3, 0.4) is 0 Å². The molecule has 1 atom stereocenters. The van der Waals surface area contributed by atoms with Gasteiger partial charge in [0.1, 0.15) is 18.0 Å². The molecule has 7 nitrogen and oxygen atoms in total. The van der Waals surface area contributed by atoms with Crippen LogP contribution >= 0.6 is 0 Å². The number of nitrogens with two attached hydrogens (primary N) is 1. The smallest absolute Gasteiger partial charge is 0.256 e. The van der Waals surface area contributed by atoms with Crippen molar-refractivity contribution in [3.63, 3.8) is 0 Å². The molecule has 3 rings (SSSR count). The zero-order chi connectivity index (χ0) is 22.8. The van der Waals surface area contributed by atoms with Gasteiger partial charge < -0.3 is 20.9 Å². The lowest BCUT2D eigenvalue weighted by Crippen LogP contribution is -2.46. The SMILES string of the molecule is C=C(C)c1c(C)cc(CNc2cc(NC(=C)C3CC3)ncn2)c(=O)n1C(C)(CC)CN. The van der Waals surface area contributed by atoms with E-state index in [2.05, 4.69) is 33.8 Å². The third-order valence-corrected chi connectivity index (χ3v) is 6.10. The predicted molar refractivity (Wildman–Crippen MR) is 128 cm³/mol. The van der Waals surface area contributed by atoms with Crippen LogP contribution in [0.1, 0.15) is 56.9 Å². The lowest BCUT2D eigenvalue weighted by molar-refractivity contribution is 0.303.